The number of nitrogens with zero attached hydrogens (tertiary/aromatic N) is 1. The average molecular weight is 307 g/mol. The van der Waals surface area contributed by atoms with E-state index < -0.39 is 0 Å². The number of rotatable bonds is 3. The van der Waals surface area contributed by atoms with Crippen molar-refractivity contribution in [1.29, 1.82) is 0 Å². The number of carbonyl (C=O) groups excluding carboxylic acids is 1. The van der Waals surface area contributed by atoms with Gasteiger partial charge in [-0.2, -0.15) is 0 Å². The van der Waals surface area contributed by atoms with Crippen LogP contribution in [0, 0.1) is 0 Å². The molecule has 0 atom stereocenters. The van der Waals surface area contributed by atoms with Crippen molar-refractivity contribution in [2.45, 2.75) is 39.0 Å². The van der Waals surface area contributed by atoms with Crippen LogP contribution in [0.1, 0.15) is 39.0 Å². The van der Waals surface area contributed by atoms with Crippen LogP contribution >= 0.6 is 0 Å². The van der Waals surface area contributed by atoms with E-state index in [2.05, 4.69) is 17.1 Å². The fourth-order valence-electron chi connectivity index (χ4n) is 3.03. The first-order valence-corrected chi connectivity index (χ1v) is 8.21. The lowest BCUT2D eigenvalue weighted by atomic mass is 9.89. The normalized spacial score (nSPS) is 19.3. The number of aliphatic hydroxyl groups is 1. The Kier molecular flexibility index (Phi) is 4.56. The van der Waals surface area contributed by atoms with Crippen LogP contribution in [-0.2, 0) is 4.79 Å². The summed E-state index contributed by atoms with van der Waals surface area (Å²) in [5.41, 5.74) is 2.00. The van der Waals surface area contributed by atoms with E-state index in [0.717, 1.165) is 36.0 Å². The minimum absolute atomic E-state index is 0.0155. The van der Waals surface area contributed by atoms with Gasteiger partial charge in [0.2, 0.25) is 0 Å². The molecule has 3 nitrogen and oxygen atoms in total. The molecule has 2 aromatic rings. The lowest BCUT2D eigenvalue weighted by Gasteiger charge is -2.17. The monoisotopic (exact) mass is 307 g/mol. The van der Waals surface area contributed by atoms with E-state index in [-0.39, 0.29) is 11.5 Å². The van der Waals surface area contributed by atoms with Gasteiger partial charge in [-0.15, -0.1) is 0 Å². The Bertz CT molecular complexity index is 802. The summed E-state index contributed by atoms with van der Waals surface area (Å²) < 4.78 is 0. The molecule has 0 radical (unpaired) electrons. The first-order chi connectivity index (χ1) is 11.2. The molecule has 0 heterocycles. The molecule has 0 spiro atoms. The fourth-order valence-corrected chi connectivity index (χ4v) is 3.03. The van der Waals surface area contributed by atoms with E-state index in [9.17, 15) is 9.90 Å². The summed E-state index contributed by atoms with van der Waals surface area (Å²) in [5.74, 6) is 0.207. The maximum absolute atomic E-state index is 12.2. The molecule has 0 bridgehead atoms. The molecule has 0 amide bonds. The number of hydrogen-bond donors (Lipinski definition) is 1. The van der Waals surface area contributed by atoms with Crippen molar-refractivity contribution in [3.05, 3.63) is 53.8 Å². The molecular formula is C20H21NO2. The minimum Gasteiger partial charge on any atom is -0.511 e. The maximum Gasteiger partial charge on any atom is 0.168 e. The molecule has 3 heteroatoms. The molecule has 118 valence electrons. The number of aliphatic imine (C=N–C) groups is 1. The summed E-state index contributed by atoms with van der Waals surface area (Å²) in [6.07, 6.45) is 3.37. The molecule has 23 heavy (non-hydrogen) atoms. The van der Waals surface area contributed by atoms with Crippen molar-refractivity contribution in [3.8, 4) is 0 Å². The summed E-state index contributed by atoms with van der Waals surface area (Å²) in [6, 6.07) is 14.2. The third-order valence-electron chi connectivity index (χ3n) is 4.16. The molecule has 0 saturated heterocycles. The van der Waals surface area contributed by atoms with Crippen LogP contribution in [-0.4, -0.2) is 16.6 Å². The summed E-state index contributed by atoms with van der Waals surface area (Å²) in [5, 5.41) is 12.5. The molecule has 1 aliphatic carbocycles. The summed E-state index contributed by atoms with van der Waals surface area (Å²) in [6.45, 7) is 1.99. The maximum atomic E-state index is 12.2. The number of Topliss-reactive ketones (excluding diaryl/α,β-unsaturated/α-hetero) is 1. The second kappa shape index (κ2) is 6.78. The van der Waals surface area contributed by atoms with Crippen molar-refractivity contribution < 1.29 is 9.90 Å². The first kappa shape index (κ1) is 15.5. The second-order valence-electron chi connectivity index (χ2n) is 5.94. The largest absolute Gasteiger partial charge is 0.511 e. The SMILES string of the molecule is CCC/C(O)=C1\C(=O)CCCC1=Nc1ccc2ccccc2c1. The van der Waals surface area contributed by atoms with E-state index in [1.54, 1.807) is 0 Å². The van der Waals surface area contributed by atoms with Gasteiger partial charge in [0, 0.05) is 12.8 Å². The molecule has 0 unspecified atom stereocenters. The van der Waals surface area contributed by atoms with Crippen molar-refractivity contribution >= 4 is 28.0 Å². The Labute approximate surface area is 136 Å². The van der Waals surface area contributed by atoms with E-state index in [1.807, 2.05) is 37.3 Å². The van der Waals surface area contributed by atoms with E-state index in [0.29, 0.717) is 18.4 Å². The van der Waals surface area contributed by atoms with Gasteiger partial charge < -0.3 is 5.11 Å². The molecular weight excluding hydrogens is 286 g/mol. The molecule has 1 fully saturated rings. The van der Waals surface area contributed by atoms with Gasteiger partial charge in [-0.05, 0) is 42.2 Å². The molecule has 3 rings (SSSR count). The highest BCUT2D eigenvalue weighted by atomic mass is 16.3. The predicted octanol–water partition coefficient (Wildman–Crippen LogP) is 5.28. The van der Waals surface area contributed by atoms with Gasteiger partial charge in [-0.3, -0.25) is 9.79 Å². The van der Waals surface area contributed by atoms with Crippen LogP contribution in [0.4, 0.5) is 5.69 Å². The van der Waals surface area contributed by atoms with Gasteiger partial charge in [0.25, 0.3) is 0 Å². The van der Waals surface area contributed by atoms with Crippen molar-refractivity contribution in [2.75, 3.05) is 0 Å². The molecule has 1 aliphatic rings. The van der Waals surface area contributed by atoms with Crippen LogP contribution in [0.5, 0.6) is 0 Å². The minimum atomic E-state index is 0.0155. The highest BCUT2D eigenvalue weighted by Crippen LogP contribution is 2.27. The highest BCUT2D eigenvalue weighted by Gasteiger charge is 2.25. The lowest BCUT2D eigenvalue weighted by molar-refractivity contribution is -0.115. The third-order valence-corrected chi connectivity index (χ3v) is 4.16. The van der Waals surface area contributed by atoms with Gasteiger partial charge in [-0.25, -0.2) is 0 Å². The van der Waals surface area contributed by atoms with Gasteiger partial charge >= 0.3 is 0 Å². The molecule has 2 aromatic carbocycles. The Morgan fingerprint density at radius 1 is 1.13 bits per heavy atom. The predicted molar refractivity (Wildman–Crippen MR) is 94.5 cm³/mol. The molecule has 0 aromatic heterocycles. The standard InChI is InChI=1S/C20H21NO2/c1-2-6-18(22)20-17(9-5-10-19(20)23)21-16-12-11-14-7-3-4-8-15(14)13-16/h3-4,7-8,11-13,22H,2,5-6,9-10H2,1H3/b20-18+,21-17?. The topological polar surface area (TPSA) is 49.7 Å². The van der Waals surface area contributed by atoms with Gasteiger partial charge in [0.05, 0.1) is 17.0 Å². The molecule has 1 N–H and O–H groups in total. The number of aliphatic hydroxyl groups excluding tert-OH is 1. The lowest BCUT2D eigenvalue weighted by Crippen LogP contribution is -2.21. The van der Waals surface area contributed by atoms with Gasteiger partial charge in [-0.1, -0.05) is 37.3 Å². The van der Waals surface area contributed by atoms with E-state index in [4.69, 9.17) is 0 Å². The molecule has 0 aliphatic heterocycles. The summed E-state index contributed by atoms with van der Waals surface area (Å²) in [4.78, 5) is 16.9. The quantitative estimate of drug-likeness (QED) is 0.619. The number of allylic oxidation sites excluding steroid dienone is 2. The number of fused-ring (bicyclic) bond motifs is 1. The fraction of sp³-hybridized carbons (Fsp3) is 0.300. The van der Waals surface area contributed by atoms with Crippen LogP contribution < -0.4 is 0 Å². The Morgan fingerprint density at radius 3 is 2.70 bits per heavy atom. The van der Waals surface area contributed by atoms with Gasteiger partial charge in [0.1, 0.15) is 5.76 Å². The number of hydrogen-bond acceptors (Lipinski definition) is 3. The molecule has 1 saturated carbocycles. The smallest absolute Gasteiger partial charge is 0.168 e. The Hall–Kier alpha value is -2.42. The third kappa shape index (κ3) is 3.34. The number of benzene rings is 2. The van der Waals surface area contributed by atoms with Crippen LogP contribution in [0.25, 0.3) is 10.8 Å². The van der Waals surface area contributed by atoms with Crippen molar-refractivity contribution in [1.82, 2.24) is 0 Å². The summed E-state index contributed by atoms with van der Waals surface area (Å²) >= 11 is 0. The van der Waals surface area contributed by atoms with Crippen molar-refractivity contribution in [2.24, 2.45) is 4.99 Å². The van der Waals surface area contributed by atoms with Gasteiger partial charge in [0.15, 0.2) is 5.78 Å². The zero-order valence-corrected chi connectivity index (χ0v) is 13.4. The zero-order valence-electron chi connectivity index (χ0n) is 13.4. The Morgan fingerprint density at radius 2 is 1.91 bits per heavy atom. The van der Waals surface area contributed by atoms with Crippen LogP contribution in [0.2, 0.25) is 0 Å². The number of carbonyl (C=O) groups is 1. The van der Waals surface area contributed by atoms with E-state index >= 15 is 0 Å². The second-order valence-corrected chi connectivity index (χ2v) is 5.94. The Balaban J connectivity index is 2.03. The first-order valence-electron chi connectivity index (χ1n) is 8.21. The zero-order chi connectivity index (χ0) is 16.2. The van der Waals surface area contributed by atoms with Crippen LogP contribution in [0.15, 0.2) is 58.8 Å². The average Bonchev–Trinajstić information content (AvgIpc) is 2.55. The summed E-state index contributed by atoms with van der Waals surface area (Å²) in [7, 11) is 0. The van der Waals surface area contributed by atoms with Crippen LogP contribution in [0.3, 0.4) is 0 Å². The number of ketones is 1. The van der Waals surface area contributed by atoms with Crippen molar-refractivity contribution in [3.63, 3.8) is 0 Å². The highest BCUT2D eigenvalue weighted by molar-refractivity contribution is 6.24. The van der Waals surface area contributed by atoms with E-state index in [1.165, 1.54) is 5.39 Å².